The molecule has 0 saturated heterocycles. The first-order valence-electron chi connectivity index (χ1n) is 7.27. The van der Waals surface area contributed by atoms with Crippen molar-refractivity contribution in [3.8, 4) is 22.9 Å². The van der Waals surface area contributed by atoms with Gasteiger partial charge in [0.1, 0.15) is 0 Å². The maximum absolute atomic E-state index is 5.39. The molecule has 2 aromatic heterocycles. The predicted octanol–water partition coefficient (Wildman–Crippen LogP) is 3.57. The second-order valence-electron chi connectivity index (χ2n) is 5.18. The Balaban J connectivity index is 2.01. The molecule has 0 aliphatic carbocycles. The number of ether oxygens (including phenoxy) is 2. The van der Waals surface area contributed by atoms with Crippen LogP contribution >= 0.6 is 0 Å². The molecule has 5 nitrogen and oxygen atoms in total. The summed E-state index contributed by atoms with van der Waals surface area (Å²) in [4.78, 5) is 0. The first kappa shape index (κ1) is 13.6. The quantitative estimate of drug-likeness (QED) is 0.580. The Morgan fingerprint density at radius 2 is 1.65 bits per heavy atom. The van der Waals surface area contributed by atoms with Gasteiger partial charge < -0.3 is 9.47 Å². The van der Waals surface area contributed by atoms with E-state index in [1.54, 1.807) is 14.2 Å². The Morgan fingerprint density at radius 3 is 2.48 bits per heavy atom. The number of fused-ring (bicyclic) bond motifs is 3. The molecule has 0 aliphatic rings. The molecule has 4 aromatic rings. The fraction of sp³-hybridized carbons (Fsp3) is 0.111. The molecule has 0 spiro atoms. The molecule has 0 radical (unpaired) electrons. The summed E-state index contributed by atoms with van der Waals surface area (Å²) in [7, 11) is 3.25. The fourth-order valence-corrected chi connectivity index (χ4v) is 2.80. The van der Waals surface area contributed by atoms with Crippen molar-refractivity contribution >= 4 is 16.6 Å². The lowest BCUT2D eigenvalue weighted by Crippen LogP contribution is -1.94. The Bertz CT molecular complexity index is 1010. The Kier molecular flexibility index (Phi) is 3.12. The molecule has 0 bridgehead atoms. The third kappa shape index (κ3) is 2.09. The molecule has 0 atom stereocenters. The molecule has 0 N–H and O–H groups in total. The van der Waals surface area contributed by atoms with Gasteiger partial charge in [-0.1, -0.05) is 18.2 Å². The van der Waals surface area contributed by atoms with Crippen LogP contribution in [0.25, 0.3) is 27.9 Å². The number of hydrogen-bond acceptors (Lipinski definition) is 4. The van der Waals surface area contributed by atoms with E-state index in [2.05, 4.69) is 32.8 Å². The first-order chi connectivity index (χ1) is 11.3. The molecule has 0 amide bonds. The van der Waals surface area contributed by atoms with Crippen LogP contribution in [-0.4, -0.2) is 28.8 Å². The third-order valence-electron chi connectivity index (χ3n) is 3.92. The molecular weight excluding hydrogens is 290 g/mol. The minimum Gasteiger partial charge on any atom is -0.493 e. The van der Waals surface area contributed by atoms with Crippen LogP contribution in [0.1, 0.15) is 0 Å². The van der Waals surface area contributed by atoms with Gasteiger partial charge in [-0.2, -0.15) is 0 Å². The summed E-state index contributed by atoms with van der Waals surface area (Å²) in [6.45, 7) is 0. The van der Waals surface area contributed by atoms with E-state index in [0.29, 0.717) is 11.5 Å². The van der Waals surface area contributed by atoms with Gasteiger partial charge in [-0.05, 0) is 41.8 Å². The van der Waals surface area contributed by atoms with E-state index in [-0.39, 0.29) is 0 Å². The van der Waals surface area contributed by atoms with Crippen LogP contribution in [-0.2, 0) is 0 Å². The molecule has 2 heterocycles. The normalized spacial score (nSPS) is 11.0. The van der Waals surface area contributed by atoms with Crippen molar-refractivity contribution in [1.82, 2.24) is 14.6 Å². The van der Waals surface area contributed by atoms with Crippen molar-refractivity contribution in [1.29, 1.82) is 0 Å². The van der Waals surface area contributed by atoms with Gasteiger partial charge in [0.15, 0.2) is 23.0 Å². The summed E-state index contributed by atoms with van der Waals surface area (Å²) in [6, 6.07) is 18.0. The monoisotopic (exact) mass is 305 g/mol. The molecule has 4 rings (SSSR count). The zero-order valence-corrected chi connectivity index (χ0v) is 12.9. The molecule has 2 aromatic carbocycles. The zero-order chi connectivity index (χ0) is 15.8. The van der Waals surface area contributed by atoms with E-state index in [9.17, 15) is 0 Å². The molecule has 0 fully saturated rings. The molecule has 0 aliphatic heterocycles. The number of pyridine rings is 1. The number of methoxy groups -OCH3 is 2. The molecule has 5 heteroatoms. The van der Waals surface area contributed by atoms with Gasteiger partial charge in [0.05, 0.1) is 19.7 Å². The fourth-order valence-electron chi connectivity index (χ4n) is 2.80. The Labute approximate surface area is 133 Å². The third-order valence-corrected chi connectivity index (χ3v) is 3.92. The van der Waals surface area contributed by atoms with Crippen molar-refractivity contribution in [2.45, 2.75) is 0 Å². The second kappa shape index (κ2) is 5.28. The minimum absolute atomic E-state index is 0.669. The highest BCUT2D eigenvalue weighted by atomic mass is 16.5. The topological polar surface area (TPSA) is 48.7 Å². The van der Waals surface area contributed by atoms with Crippen LogP contribution < -0.4 is 9.47 Å². The van der Waals surface area contributed by atoms with Gasteiger partial charge in [0.2, 0.25) is 0 Å². The summed E-state index contributed by atoms with van der Waals surface area (Å²) in [5, 5.41) is 9.79. The Hall–Kier alpha value is -3.08. The smallest absolute Gasteiger partial charge is 0.168 e. The standard InChI is InChI=1S/C18H15N3O2/c1-22-15-9-7-13(11-16(15)23-2)18-20-19-17-10-8-12-5-3-4-6-14(12)21(17)18/h3-11H,1-2H3. The summed E-state index contributed by atoms with van der Waals surface area (Å²) in [6.07, 6.45) is 0. The summed E-state index contributed by atoms with van der Waals surface area (Å²) < 4.78 is 12.7. The molecule has 0 unspecified atom stereocenters. The van der Waals surface area contributed by atoms with Crippen molar-refractivity contribution in [2.24, 2.45) is 0 Å². The minimum atomic E-state index is 0.669. The number of hydrogen-bond donors (Lipinski definition) is 0. The van der Waals surface area contributed by atoms with Crippen molar-refractivity contribution in [3.63, 3.8) is 0 Å². The van der Waals surface area contributed by atoms with E-state index in [0.717, 1.165) is 27.9 Å². The second-order valence-corrected chi connectivity index (χ2v) is 5.18. The van der Waals surface area contributed by atoms with Crippen LogP contribution in [0.5, 0.6) is 11.5 Å². The Morgan fingerprint density at radius 1 is 0.826 bits per heavy atom. The molecule has 114 valence electrons. The van der Waals surface area contributed by atoms with Gasteiger partial charge in [-0.15, -0.1) is 10.2 Å². The van der Waals surface area contributed by atoms with Crippen LogP contribution in [0.15, 0.2) is 54.6 Å². The van der Waals surface area contributed by atoms with Crippen molar-refractivity contribution in [3.05, 3.63) is 54.6 Å². The number of rotatable bonds is 3. The van der Waals surface area contributed by atoms with Crippen molar-refractivity contribution in [2.75, 3.05) is 14.2 Å². The SMILES string of the molecule is COc1ccc(-c2nnc3ccc4ccccc4n23)cc1OC. The van der Waals surface area contributed by atoms with Crippen LogP contribution in [0.4, 0.5) is 0 Å². The molecular formula is C18H15N3O2. The highest BCUT2D eigenvalue weighted by molar-refractivity contribution is 5.84. The summed E-state index contributed by atoms with van der Waals surface area (Å²) >= 11 is 0. The van der Waals surface area contributed by atoms with E-state index >= 15 is 0 Å². The first-order valence-corrected chi connectivity index (χ1v) is 7.27. The number of benzene rings is 2. The number of nitrogens with zero attached hydrogens (tertiary/aromatic N) is 3. The van der Waals surface area contributed by atoms with Crippen LogP contribution in [0, 0.1) is 0 Å². The lowest BCUT2D eigenvalue weighted by atomic mass is 10.1. The maximum Gasteiger partial charge on any atom is 0.168 e. The highest BCUT2D eigenvalue weighted by Crippen LogP contribution is 2.32. The largest absolute Gasteiger partial charge is 0.493 e. The van der Waals surface area contributed by atoms with Crippen LogP contribution in [0.3, 0.4) is 0 Å². The van der Waals surface area contributed by atoms with Gasteiger partial charge in [-0.25, -0.2) is 0 Å². The lowest BCUT2D eigenvalue weighted by molar-refractivity contribution is 0.355. The van der Waals surface area contributed by atoms with E-state index in [1.807, 2.05) is 36.4 Å². The molecule has 0 saturated carbocycles. The van der Waals surface area contributed by atoms with Gasteiger partial charge in [-0.3, -0.25) is 4.40 Å². The van der Waals surface area contributed by atoms with Crippen molar-refractivity contribution < 1.29 is 9.47 Å². The predicted molar refractivity (Wildman–Crippen MR) is 89.0 cm³/mol. The van der Waals surface area contributed by atoms with E-state index in [4.69, 9.17) is 9.47 Å². The van der Waals surface area contributed by atoms with Gasteiger partial charge >= 0.3 is 0 Å². The highest BCUT2D eigenvalue weighted by Gasteiger charge is 2.13. The zero-order valence-electron chi connectivity index (χ0n) is 12.9. The average molecular weight is 305 g/mol. The maximum atomic E-state index is 5.39. The van der Waals surface area contributed by atoms with Gasteiger partial charge in [0.25, 0.3) is 0 Å². The lowest BCUT2D eigenvalue weighted by Gasteiger charge is -2.09. The van der Waals surface area contributed by atoms with E-state index in [1.165, 1.54) is 0 Å². The number of para-hydroxylation sites is 1. The number of aromatic nitrogens is 3. The van der Waals surface area contributed by atoms with Crippen LogP contribution in [0.2, 0.25) is 0 Å². The summed E-state index contributed by atoms with van der Waals surface area (Å²) in [5.74, 6) is 2.13. The summed E-state index contributed by atoms with van der Waals surface area (Å²) in [5.41, 5.74) is 2.81. The average Bonchev–Trinajstić information content (AvgIpc) is 3.05. The molecule has 23 heavy (non-hydrogen) atoms. The van der Waals surface area contributed by atoms with E-state index < -0.39 is 0 Å². The van der Waals surface area contributed by atoms with Gasteiger partial charge in [0, 0.05) is 5.56 Å².